The first-order chi connectivity index (χ1) is 10.0. The maximum absolute atomic E-state index is 11.3. The zero-order valence-corrected chi connectivity index (χ0v) is 12.8. The highest BCUT2D eigenvalue weighted by Gasteiger charge is 2.17. The van der Waals surface area contributed by atoms with Crippen LogP contribution in [0.3, 0.4) is 0 Å². The van der Waals surface area contributed by atoms with Crippen LogP contribution in [0.25, 0.3) is 0 Å². The Hall–Kier alpha value is -1.59. The number of rotatable bonds is 5. The van der Waals surface area contributed by atoms with Gasteiger partial charge < -0.3 is 15.2 Å². The van der Waals surface area contributed by atoms with Gasteiger partial charge in [0.25, 0.3) is 0 Å². The van der Waals surface area contributed by atoms with Crippen LogP contribution in [-0.4, -0.2) is 54.8 Å². The largest absolute Gasteiger partial charge is 0.491 e. The molecule has 116 valence electrons. The Morgan fingerprint density at radius 3 is 3.00 bits per heavy atom. The molecule has 1 atom stereocenters. The van der Waals surface area contributed by atoms with Crippen molar-refractivity contribution in [1.82, 2.24) is 10.2 Å². The first-order valence-electron chi connectivity index (χ1n) is 7.42. The second-order valence-electron chi connectivity index (χ2n) is 5.63. The van der Waals surface area contributed by atoms with Gasteiger partial charge in [0, 0.05) is 32.6 Å². The average Bonchev–Trinajstić information content (AvgIpc) is 2.65. The Labute approximate surface area is 125 Å². The SMILES string of the molecule is Cc1ccc(C)c(OCC(O)CN2CCNC(=O)CC2)c1. The van der Waals surface area contributed by atoms with E-state index in [0.29, 0.717) is 26.1 Å². The quantitative estimate of drug-likeness (QED) is 0.845. The van der Waals surface area contributed by atoms with Crippen molar-refractivity contribution in [3.05, 3.63) is 29.3 Å². The number of hydrogen-bond acceptors (Lipinski definition) is 4. The van der Waals surface area contributed by atoms with Crippen molar-refractivity contribution in [2.75, 3.05) is 32.8 Å². The van der Waals surface area contributed by atoms with Crippen molar-refractivity contribution in [3.63, 3.8) is 0 Å². The van der Waals surface area contributed by atoms with Gasteiger partial charge in [-0.3, -0.25) is 9.69 Å². The lowest BCUT2D eigenvalue weighted by atomic mass is 10.1. The molecule has 1 aliphatic rings. The molecule has 0 radical (unpaired) electrons. The van der Waals surface area contributed by atoms with Crippen molar-refractivity contribution < 1.29 is 14.6 Å². The predicted octanol–water partition coefficient (Wildman–Crippen LogP) is 0.865. The third-order valence-electron chi connectivity index (χ3n) is 3.65. The Morgan fingerprint density at radius 1 is 1.38 bits per heavy atom. The summed E-state index contributed by atoms with van der Waals surface area (Å²) in [7, 11) is 0. The molecule has 5 heteroatoms. The van der Waals surface area contributed by atoms with E-state index in [1.165, 1.54) is 0 Å². The first-order valence-corrected chi connectivity index (χ1v) is 7.42. The predicted molar refractivity (Wildman–Crippen MR) is 81.5 cm³/mol. The Bertz CT molecular complexity index is 490. The summed E-state index contributed by atoms with van der Waals surface area (Å²) in [5.41, 5.74) is 2.21. The number of benzene rings is 1. The van der Waals surface area contributed by atoms with Gasteiger partial charge in [-0.25, -0.2) is 0 Å². The monoisotopic (exact) mass is 292 g/mol. The second kappa shape index (κ2) is 7.43. The Kier molecular flexibility index (Phi) is 5.59. The number of β-amino-alcohol motifs (C(OH)–C–C–N with tert-alkyl or cyclic N) is 1. The van der Waals surface area contributed by atoms with Crippen molar-refractivity contribution in [1.29, 1.82) is 0 Å². The second-order valence-corrected chi connectivity index (χ2v) is 5.63. The third kappa shape index (κ3) is 5.02. The number of hydrogen-bond donors (Lipinski definition) is 2. The van der Waals surface area contributed by atoms with E-state index in [1.807, 2.05) is 32.0 Å². The molecule has 2 N–H and O–H groups in total. The van der Waals surface area contributed by atoms with Gasteiger partial charge in [-0.15, -0.1) is 0 Å². The lowest BCUT2D eigenvalue weighted by Gasteiger charge is -2.23. The van der Waals surface area contributed by atoms with E-state index in [4.69, 9.17) is 4.74 Å². The van der Waals surface area contributed by atoms with Crippen LogP contribution >= 0.6 is 0 Å². The highest BCUT2D eigenvalue weighted by Crippen LogP contribution is 2.19. The summed E-state index contributed by atoms with van der Waals surface area (Å²) in [5.74, 6) is 0.903. The molecule has 1 aromatic carbocycles. The number of aliphatic hydroxyl groups excluding tert-OH is 1. The van der Waals surface area contributed by atoms with Crippen molar-refractivity contribution in [2.45, 2.75) is 26.4 Å². The summed E-state index contributed by atoms with van der Waals surface area (Å²) >= 11 is 0. The summed E-state index contributed by atoms with van der Waals surface area (Å²) in [6.45, 7) is 6.90. The lowest BCUT2D eigenvalue weighted by Crippen LogP contribution is -2.37. The van der Waals surface area contributed by atoms with E-state index in [-0.39, 0.29) is 12.5 Å². The fourth-order valence-corrected chi connectivity index (χ4v) is 2.40. The van der Waals surface area contributed by atoms with Crippen molar-refractivity contribution in [3.8, 4) is 5.75 Å². The summed E-state index contributed by atoms with van der Waals surface area (Å²) in [5, 5.41) is 12.9. The van der Waals surface area contributed by atoms with Crippen LogP contribution in [0.4, 0.5) is 0 Å². The smallest absolute Gasteiger partial charge is 0.221 e. The van der Waals surface area contributed by atoms with Gasteiger partial charge in [-0.05, 0) is 31.0 Å². The van der Waals surface area contributed by atoms with E-state index in [1.54, 1.807) is 0 Å². The standard InChI is InChI=1S/C16H24N2O3/c1-12-3-4-13(2)15(9-12)21-11-14(19)10-18-7-5-16(20)17-6-8-18/h3-4,9,14,19H,5-8,10-11H2,1-2H3,(H,17,20). The molecule has 0 spiro atoms. The van der Waals surface area contributed by atoms with Crippen LogP contribution in [0.15, 0.2) is 18.2 Å². The number of ether oxygens (including phenoxy) is 1. The van der Waals surface area contributed by atoms with Gasteiger partial charge in [0.15, 0.2) is 0 Å². The Balaban J connectivity index is 1.80. The number of nitrogens with zero attached hydrogens (tertiary/aromatic N) is 1. The van der Waals surface area contributed by atoms with Gasteiger partial charge in [0.2, 0.25) is 5.91 Å². The molecule has 0 saturated carbocycles. The molecule has 1 saturated heterocycles. The minimum Gasteiger partial charge on any atom is -0.491 e. The highest BCUT2D eigenvalue weighted by atomic mass is 16.5. The molecule has 1 aliphatic heterocycles. The number of aliphatic hydroxyl groups is 1. The molecule has 1 aromatic rings. The number of amides is 1. The molecule has 2 rings (SSSR count). The highest BCUT2D eigenvalue weighted by molar-refractivity contribution is 5.76. The Morgan fingerprint density at radius 2 is 2.19 bits per heavy atom. The fraction of sp³-hybridized carbons (Fsp3) is 0.562. The van der Waals surface area contributed by atoms with Gasteiger partial charge in [0.1, 0.15) is 18.5 Å². The molecule has 0 aliphatic carbocycles. The van der Waals surface area contributed by atoms with E-state index in [9.17, 15) is 9.90 Å². The summed E-state index contributed by atoms with van der Waals surface area (Å²) < 4.78 is 5.71. The average molecular weight is 292 g/mol. The molecular weight excluding hydrogens is 268 g/mol. The maximum atomic E-state index is 11.3. The van der Waals surface area contributed by atoms with E-state index in [2.05, 4.69) is 10.2 Å². The topological polar surface area (TPSA) is 61.8 Å². The maximum Gasteiger partial charge on any atom is 0.221 e. The van der Waals surface area contributed by atoms with E-state index in [0.717, 1.165) is 23.4 Å². The number of nitrogens with one attached hydrogen (secondary N) is 1. The minimum atomic E-state index is -0.557. The molecule has 1 unspecified atom stereocenters. The number of aryl methyl sites for hydroxylation is 2. The van der Waals surface area contributed by atoms with Crippen LogP contribution in [0.1, 0.15) is 17.5 Å². The zero-order valence-electron chi connectivity index (χ0n) is 12.8. The van der Waals surface area contributed by atoms with Crippen LogP contribution in [0.2, 0.25) is 0 Å². The molecular formula is C16H24N2O3. The van der Waals surface area contributed by atoms with Gasteiger partial charge in [-0.2, -0.15) is 0 Å². The molecule has 1 amide bonds. The van der Waals surface area contributed by atoms with Gasteiger partial charge >= 0.3 is 0 Å². The summed E-state index contributed by atoms with van der Waals surface area (Å²) in [4.78, 5) is 13.4. The summed E-state index contributed by atoms with van der Waals surface area (Å²) in [6.07, 6.45) is -0.0667. The number of carbonyl (C=O) groups excluding carboxylic acids is 1. The van der Waals surface area contributed by atoms with Crippen LogP contribution < -0.4 is 10.1 Å². The molecule has 1 fully saturated rings. The first kappa shape index (κ1) is 15.8. The van der Waals surface area contributed by atoms with Crippen LogP contribution in [-0.2, 0) is 4.79 Å². The fourth-order valence-electron chi connectivity index (χ4n) is 2.40. The zero-order chi connectivity index (χ0) is 15.2. The minimum absolute atomic E-state index is 0.0821. The molecule has 21 heavy (non-hydrogen) atoms. The van der Waals surface area contributed by atoms with Crippen molar-refractivity contribution >= 4 is 5.91 Å². The molecule has 0 aromatic heterocycles. The van der Waals surface area contributed by atoms with Crippen molar-refractivity contribution in [2.24, 2.45) is 0 Å². The molecule has 1 heterocycles. The van der Waals surface area contributed by atoms with Crippen LogP contribution in [0.5, 0.6) is 5.75 Å². The van der Waals surface area contributed by atoms with Gasteiger partial charge in [0.05, 0.1) is 0 Å². The normalized spacial score (nSPS) is 18.0. The molecule has 0 bridgehead atoms. The van der Waals surface area contributed by atoms with Gasteiger partial charge in [-0.1, -0.05) is 12.1 Å². The summed E-state index contributed by atoms with van der Waals surface area (Å²) in [6, 6.07) is 6.04. The van der Waals surface area contributed by atoms with E-state index < -0.39 is 6.10 Å². The lowest BCUT2D eigenvalue weighted by molar-refractivity contribution is -0.120. The van der Waals surface area contributed by atoms with Crippen LogP contribution in [0, 0.1) is 13.8 Å². The number of carbonyl (C=O) groups is 1. The van der Waals surface area contributed by atoms with E-state index >= 15 is 0 Å². The third-order valence-corrected chi connectivity index (χ3v) is 3.65. The molecule has 5 nitrogen and oxygen atoms in total.